The molecule has 0 fully saturated rings. The molecule has 2 N–H and O–H groups in total. The zero-order chi connectivity index (χ0) is 12.3. The minimum atomic E-state index is 0.752. The molecular formula is C16H15N. The number of aryl methyl sites for hydroxylation is 1. The predicted octanol–water partition coefficient (Wildman–Crippen LogP) is 3.79. The lowest BCUT2D eigenvalue weighted by molar-refractivity contribution is 1.45. The molecule has 0 saturated carbocycles. The molecule has 0 unspecified atom stereocenters. The van der Waals surface area contributed by atoms with Gasteiger partial charge in [0.2, 0.25) is 0 Å². The van der Waals surface area contributed by atoms with E-state index in [9.17, 15) is 0 Å². The van der Waals surface area contributed by atoms with Gasteiger partial charge < -0.3 is 5.73 Å². The van der Waals surface area contributed by atoms with Crippen LogP contribution < -0.4 is 5.73 Å². The molecule has 0 heterocycles. The van der Waals surface area contributed by atoms with E-state index < -0.39 is 0 Å². The molecule has 0 spiro atoms. The van der Waals surface area contributed by atoms with Gasteiger partial charge >= 0.3 is 0 Å². The molecular weight excluding hydrogens is 206 g/mol. The zero-order valence-corrected chi connectivity index (χ0v) is 9.90. The lowest BCUT2D eigenvalue weighted by Gasteiger charge is -2.07. The van der Waals surface area contributed by atoms with Crippen LogP contribution in [0.25, 0.3) is 5.57 Å². The van der Waals surface area contributed by atoms with Crippen molar-refractivity contribution < 1.29 is 0 Å². The second-order valence-electron chi connectivity index (χ2n) is 4.04. The molecule has 0 aliphatic rings. The molecule has 0 aliphatic carbocycles. The highest BCUT2D eigenvalue weighted by molar-refractivity contribution is 5.80. The van der Waals surface area contributed by atoms with Crippen LogP contribution >= 0.6 is 0 Å². The van der Waals surface area contributed by atoms with Crippen LogP contribution in [0, 0.1) is 6.92 Å². The number of hydrogen-bond donors (Lipinski definition) is 1. The first-order chi connectivity index (χ1) is 8.20. The van der Waals surface area contributed by atoms with Gasteiger partial charge in [-0.25, -0.2) is 0 Å². The molecule has 0 radical (unpaired) electrons. The maximum absolute atomic E-state index is 5.79. The van der Waals surface area contributed by atoms with Gasteiger partial charge in [0.15, 0.2) is 0 Å². The topological polar surface area (TPSA) is 26.0 Å². The number of nitrogen functional groups attached to an aromatic ring is 1. The van der Waals surface area contributed by atoms with Crippen molar-refractivity contribution in [1.82, 2.24) is 0 Å². The zero-order valence-electron chi connectivity index (χ0n) is 9.90. The predicted molar refractivity (Wildman–Crippen MR) is 73.7 cm³/mol. The monoisotopic (exact) mass is 221 g/mol. The molecule has 0 saturated heterocycles. The third-order valence-electron chi connectivity index (χ3n) is 2.69. The molecule has 0 bridgehead atoms. The molecule has 84 valence electrons. The Morgan fingerprint density at radius 3 is 2.35 bits per heavy atom. The van der Waals surface area contributed by atoms with Crippen LogP contribution in [0.15, 0.2) is 60.8 Å². The Morgan fingerprint density at radius 1 is 1.06 bits per heavy atom. The largest absolute Gasteiger partial charge is 0.399 e. The highest BCUT2D eigenvalue weighted by Crippen LogP contribution is 2.23. The van der Waals surface area contributed by atoms with Crippen molar-refractivity contribution in [3.05, 3.63) is 77.5 Å². The molecule has 2 aromatic carbocycles. The number of benzene rings is 2. The number of anilines is 1. The summed E-state index contributed by atoms with van der Waals surface area (Å²) in [5.74, 6) is 0. The lowest BCUT2D eigenvalue weighted by atomic mass is 9.98. The summed E-state index contributed by atoms with van der Waals surface area (Å²) in [5.41, 5.74) is 13.9. The van der Waals surface area contributed by atoms with Gasteiger partial charge in [-0.05, 0) is 30.2 Å². The van der Waals surface area contributed by atoms with E-state index in [4.69, 9.17) is 5.73 Å². The molecule has 0 amide bonds. The highest BCUT2D eigenvalue weighted by atomic mass is 14.5. The first-order valence-electron chi connectivity index (χ1n) is 5.53. The first kappa shape index (κ1) is 11.3. The van der Waals surface area contributed by atoms with Gasteiger partial charge in [0.1, 0.15) is 0 Å². The average molecular weight is 221 g/mol. The van der Waals surface area contributed by atoms with E-state index in [1.807, 2.05) is 24.3 Å². The fourth-order valence-corrected chi connectivity index (χ4v) is 1.79. The summed E-state index contributed by atoms with van der Waals surface area (Å²) in [6, 6.07) is 16.1. The van der Waals surface area contributed by atoms with E-state index in [-0.39, 0.29) is 0 Å². The van der Waals surface area contributed by atoms with Gasteiger partial charge in [-0.3, -0.25) is 0 Å². The SMILES string of the molecule is C=C=C(c1ccc(C)cc1)c1cccc(N)c1. The Kier molecular flexibility index (Phi) is 3.13. The second kappa shape index (κ2) is 4.73. The summed E-state index contributed by atoms with van der Waals surface area (Å²) >= 11 is 0. The Hall–Kier alpha value is -2.24. The van der Waals surface area contributed by atoms with Crippen molar-refractivity contribution in [3.8, 4) is 0 Å². The van der Waals surface area contributed by atoms with Gasteiger partial charge in [0, 0.05) is 11.3 Å². The highest BCUT2D eigenvalue weighted by Gasteiger charge is 2.04. The average Bonchev–Trinajstić information content (AvgIpc) is 2.33. The summed E-state index contributed by atoms with van der Waals surface area (Å²) in [6.45, 7) is 5.83. The van der Waals surface area contributed by atoms with E-state index in [2.05, 4.69) is 43.5 Å². The third kappa shape index (κ3) is 2.47. The summed E-state index contributed by atoms with van der Waals surface area (Å²) < 4.78 is 0. The van der Waals surface area contributed by atoms with Crippen molar-refractivity contribution in [2.75, 3.05) is 5.73 Å². The van der Waals surface area contributed by atoms with Crippen molar-refractivity contribution in [1.29, 1.82) is 0 Å². The molecule has 1 nitrogen and oxygen atoms in total. The maximum Gasteiger partial charge on any atom is 0.0320 e. The summed E-state index contributed by atoms with van der Waals surface area (Å²) in [5, 5.41) is 0. The molecule has 0 atom stereocenters. The van der Waals surface area contributed by atoms with E-state index in [0.29, 0.717) is 0 Å². The molecule has 0 aromatic heterocycles. The van der Waals surface area contributed by atoms with Crippen molar-refractivity contribution in [3.63, 3.8) is 0 Å². The number of nitrogens with two attached hydrogens (primary N) is 1. The van der Waals surface area contributed by atoms with Gasteiger partial charge in [0.05, 0.1) is 0 Å². The van der Waals surface area contributed by atoms with Crippen molar-refractivity contribution in [2.24, 2.45) is 0 Å². The minimum Gasteiger partial charge on any atom is -0.399 e. The first-order valence-corrected chi connectivity index (χ1v) is 5.53. The molecule has 1 heteroatoms. The summed E-state index contributed by atoms with van der Waals surface area (Å²) in [6.07, 6.45) is 0. The second-order valence-corrected chi connectivity index (χ2v) is 4.04. The Labute approximate surface area is 102 Å². The molecule has 2 rings (SSSR count). The molecule has 0 aliphatic heterocycles. The van der Waals surface area contributed by atoms with Gasteiger partial charge in [0.25, 0.3) is 0 Å². The lowest BCUT2D eigenvalue weighted by Crippen LogP contribution is -1.90. The van der Waals surface area contributed by atoms with Crippen molar-refractivity contribution in [2.45, 2.75) is 6.92 Å². The fourth-order valence-electron chi connectivity index (χ4n) is 1.79. The van der Waals surface area contributed by atoms with E-state index in [1.54, 1.807) is 0 Å². The summed E-state index contributed by atoms with van der Waals surface area (Å²) in [7, 11) is 0. The quantitative estimate of drug-likeness (QED) is 0.606. The number of hydrogen-bond acceptors (Lipinski definition) is 1. The summed E-state index contributed by atoms with van der Waals surface area (Å²) in [4.78, 5) is 0. The van der Waals surface area contributed by atoms with E-state index >= 15 is 0 Å². The normalized spacial score (nSPS) is 9.71. The molecule has 2 aromatic rings. The number of rotatable bonds is 2. The van der Waals surface area contributed by atoms with Crippen LogP contribution in [0.5, 0.6) is 0 Å². The fraction of sp³-hybridized carbons (Fsp3) is 0.0625. The van der Waals surface area contributed by atoms with Crippen LogP contribution in [0.4, 0.5) is 5.69 Å². The van der Waals surface area contributed by atoms with Crippen LogP contribution in [0.2, 0.25) is 0 Å². The van der Waals surface area contributed by atoms with E-state index in [0.717, 1.165) is 22.4 Å². The van der Waals surface area contributed by atoms with E-state index in [1.165, 1.54) is 5.56 Å². The van der Waals surface area contributed by atoms with Crippen LogP contribution in [0.1, 0.15) is 16.7 Å². The third-order valence-corrected chi connectivity index (χ3v) is 2.69. The Morgan fingerprint density at radius 2 is 1.76 bits per heavy atom. The van der Waals surface area contributed by atoms with Gasteiger partial charge in [-0.15, -0.1) is 5.73 Å². The standard InChI is InChI=1S/C16H15N/c1-3-16(13-9-7-12(2)8-10-13)14-5-4-6-15(17)11-14/h4-11H,1,17H2,2H3. The Balaban J connectivity index is 2.48. The maximum atomic E-state index is 5.79. The van der Waals surface area contributed by atoms with Crippen LogP contribution in [-0.4, -0.2) is 0 Å². The van der Waals surface area contributed by atoms with Crippen LogP contribution in [0.3, 0.4) is 0 Å². The molecule has 17 heavy (non-hydrogen) atoms. The Bertz CT molecular complexity index is 573. The van der Waals surface area contributed by atoms with Gasteiger partial charge in [-0.2, -0.15) is 0 Å². The van der Waals surface area contributed by atoms with Crippen LogP contribution in [-0.2, 0) is 0 Å². The van der Waals surface area contributed by atoms with Crippen molar-refractivity contribution >= 4 is 11.3 Å². The van der Waals surface area contributed by atoms with Gasteiger partial charge in [-0.1, -0.05) is 48.5 Å². The smallest absolute Gasteiger partial charge is 0.0320 e. The minimum absolute atomic E-state index is 0.752.